The summed E-state index contributed by atoms with van der Waals surface area (Å²) in [5.74, 6) is 0.531. The molecule has 12 heavy (non-hydrogen) atoms. The topological polar surface area (TPSA) is 43.8 Å². The summed E-state index contributed by atoms with van der Waals surface area (Å²) in [6, 6.07) is 0. The van der Waals surface area contributed by atoms with Crippen LogP contribution < -0.4 is 5.73 Å². The lowest BCUT2D eigenvalue weighted by Gasteiger charge is -2.07. The normalized spacial score (nSPS) is 13.3. The van der Waals surface area contributed by atoms with Crippen molar-refractivity contribution in [3.63, 3.8) is 0 Å². The number of hydrogen-bond acceptors (Lipinski definition) is 2. The lowest BCUT2D eigenvalue weighted by Crippen LogP contribution is -2.04. The maximum Gasteiger partial charge on any atom is 0.0628 e. The fraction of sp³-hybridized carbons (Fsp3) is 0.667. The van der Waals surface area contributed by atoms with E-state index in [9.17, 15) is 0 Å². The van der Waals surface area contributed by atoms with Gasteiger partial charge < -0.3 is 5.73 Å². The molecule has 0 aromatic carbocycles. The van der Waals surface area contributed by atoms with E-state index in [1.807, 2.05) is 18.7 Å². The van der Waals surface area contributed by atoms with Crippen LogP contribution in [0.15, 0.2) is 6.20 Å². The molecule has 0 aliphatic heterocycles. The first-order valence-corrected chi connectivity index (χ1v) is 4.35. The zero-order valence-corrected chi connectivity index (χ0v) is 8.04. The van der Waals surface area contributed by atoms with Crippen LogP contribution in [0.4, 0.5) is 0 Å². The fourth-order valence-electron chi connectivity index (χ4n) is 1.51. The SMILES string of the molecule is Cc1nn(C)cc1C(C)CCN. The van der Waals surface area contributed by atoms with E-state index in [-0.39, 0.29) is 0 Å². The molecule has 68 valence electrons. The Morgan fingerprint density at radius 3 is 2.75 bits per heavy atom. The summed E-state index contributed by atoms with van der Waals surface area (Å²) in [6.07, 6.45) is 3.11. The third-order valence-electron chi connectivity index (χ3n) is 2.18. The molecule has 3 nitrogen and oxygen atoms in total. The highest BCUT2D eigenvalue weighted by molar-refractivity contribution is 5.19. The van der Waals surface area contributed by atoms with Gasteiger partial charge in [0.05, 0.1) is 5.69 Å². The highest BCUT2D eigenvalue weighted by Gasteiger charge is 2.10. The van der Waals surface area contributed by atoms with Crippen LogP contribution in [-0.4, -0.2) is 16.3 Å². The second-order valence-corrected chi connectivity index (χ2v) is 3.32. The van der Waals surface area contributed by atoms with E-state index >= 15 is 0 Å². The Balaban J connectivity index is 2.79. The Bertz CT molecular complexity index is 252. The van der Waals surface area contributed by atoms with Gasteiger partial charge in [0.15, 0.2) is 0 Å². The van der Waals surface area contributed by atoms with Gasteiger partial charge in [0.1, 0.15) is 0 Å². The molecule has 0 aliphatic carbocycles. The summed E-state index contributed by atoms with van der Waals surface area (Å²) in [7, 11) is 1.95. The third-order valence-corrected chi connectivity index (χ3v) is 2.18. The van der Waals surface area contributed by atoms with Gasteiger partial charge in [-0.05, 0) is 31.4 Å². The molecule has 1 aromatic heterocycles. The number of rotatable bonds is 3. The Labute approximate surface area is 73.6 Å². The molecule has 1 unspecified atom stereocenters. The standard InChI is InChI=1S/C9H17N3/c1-7(4-5-10)9-6-12(3)11-8(9)2/h6-7H,4-5,10H2,1-3H3. The monoisotopic (exact) mass is 167 g/mol. The van der Waals surface area contributed by atoms with Gasteiger partial charge in [0.2, 0.25) is 0 Å². The van der Waals surface area contributed by atoms with Crippen molar-refractivity contribution in [2.45, 2.75) is 26.2 Å². The predicted octanol–water partition coefficient (Wildman–Crippen LogP) is 1.18. The molecule has 0 radical (unpaired) electrons. The van der Waals surface area contributed by atoms with Gasteiger partial charge in [0, 0.05) is 13.2 Å². The van der Waals surface area contributed by atoms with Crippen molar-refractivity contribution in [1.82, 2.24) is 9.78 Å². The lowest BCUT2D eigenvalue weighted by molar-refractivity contribution is 0.685. The van der Waals surface area contributed by atoms with Crippen molar-refractivity contribution in [1.29, 1.82) is 0 Å². The molecule has 2 N–H and O–H groups in total. The van der Waals surface area contributed by atoms with Crippen LogP contribution in [0.5, 0.6) is 0 Å². The summed E-state index contributed by atoms with van der Waals surface area (Å²) in [4.78, 5) is 0. The van der Waals surface area contributed by atoms with Gasteiger partial charge in [-0.15, -0.1) is 0 Å². The number of hydrogen-bond donors (Lipinski definition) is 1. The van der Waals surface area contributed by atoms with Crippen molar-refractivity contribution in [2.75, 3.05) is 6.54 Å². The van der Waals surface area contributed by atoms with E-state index in [0.717, 1.165) is 18.7 Å². The predicted molar refractivity (Wildman–Crippen MR) is 50.0 cm³/mol. The second kappa shape index (κ2) is 3.72. The van der Waals surface area contributed by atoms with Crippen LogP contribution in [0.2, 0.25) is 0 Å². The minimum atomic E-state index is 0.531. The Hall–Kier alpha value is -0.830. The fourth-order valence-corrected chi connectivity index (χ4v) is 1.51. The van der Waals surface area contributed by atoms with E-state index in [2.05, 4.69) is 18.2 Å². The van der Waals surface area contributed by atoms with Gasteiger partial charge in [-0.1, -0.05) is 6.92 Å². The summed E-state index contributed by atoms with van der Waals surface area (Å²) >= 11 is 0. The van der Waals surface area contributed by atoms with E-state index in [1.165, 1.54) is 5.56 Å². The molecule has 0 amide bonds. The minimum Gasteiger partial charge on any atom is -0.330 e. The summed E-state index contributed by atoms with van der Waals surface area (Å²) in [5, 5.41) is 4.29. The number of aryl methyl sites for hydroxylation is 2. The molecule has 1 atom stereocenters. The molecule has 3 heteroatoms. The molecule has 0 spiro atoms. The van der Waals surface area contributed by atoms with Crippen LogP contribution in [0.25, 0.3) is 0 Å². The van der Waals surface area contributed by atoms with Crippen LogP contribution >= 0.6 is 0 Å². The maximum absolute atomic E-state index is 5.50. The van der Waals surface area contributed by atoms with Crippen LogP contribution in [0.1, 0.15) is 30.5 Å². The quantitative estimate of drug-likeness (QED) is 0.734. The van der Waals surface area contributed by atoms with E-state index in [1.54, 1.807) is 0 Å². The third kappa shape index (κ3) is 1.85. The maximum atomic E-state index is 5.50. The van der Waals surface area contributed by atoms with Crippen molar-refractivity contribution >= 4 is 0 Å². The van der Waals surface area contributed by atoms with E-state index in [4.69, 9.17) is 5.73 Å². The summed E-state index contributed by atoms with van der Waals surface area (Å²) in [6.45, 7) is 4.98. The molecular formula is C9H17N3. The molecule has 1 rings (SSSR count). The number of aromatic nitrogens is 2. The van der Waals surface area contributed by atoms with Crippen LogP contribution in [-0.2, 0) is 7.05 Å². The molecule has 1 aromatic rings. The van der Waals surface area contributed by atoms with Crippen LogP contribution in [0, 0.1) is 6.92 Å². The van der Waals surface area contributed by atoms with Crippen molar-refractivity contribution in [3.8, 4) is 0 Å². The summed E-state index contributed by atoms with van der Waals surface area (Å²) in [5.41, 5.74) is 7.94. The summed E-state index contributed by atoms with van der Waals surface area (Å²) < 4.78 is 1.86. The van der Waals surface area contributed by atoms with Gasteiger partial charge >= 0.3 is 0 Å². The Morgan fingerprint density at radius 1 is 1.67 bits per heavy atom. The van der Waals surface area contributed by atoms with Crippen molar-refractivity contribution < 1.29 is 0 Å². The molecular weight excluding hydrogens is 150 g/mol. The smallest absolute Gasteiger partial charge is 0.0628 e. The van der Waals surface area contributed by atoms with Crippen molar-refractivity contribution in [2.24, 2.45) is 12.8 Å². The van der Waals surface area contributed by atoms with Crippen molar-refractivity contribution in [3.05, 3.63) is 17.5 Å². The van der Waals surface area contributed by atoms with E-state index in [0.29, 0.717) is 5.92 Å². The highest BCUT2D eigenvalue weighted by Crippen LogP contribution is 2.20. The molecule has 1 heterocycles. The molecule has 0 fully saturated rings. The number of nitrogens with zero attached hydrogens (tertiary/aromatic N) is 2. The average Bonchev–Trinajstić information content (AvgIpc) is 2.30. The first kappa shape index (κ1) is 9.26. The van der Waals surface area contributed by atoms with Gasteiger partial charge in [-0.2, -0.15) is 5.10 Å². The largest absolute Gasteiger partial charge is 0.330 e. The molecule has 0 aliphatic rings. The van der Waals surface area contributed by atoms with Gasteiger partial charge in [-0.25, -0.2) is 0 Å². The minimum absolute atomic E-state index is 0.531. The first-order valence-electron chi connectivity index (χ1n) is 4.35. The van der Waals surface area contributed by atoms with Gasteiger partial charge in [0.25, 0.3) is 0 Å². The average molecular weight is 167 g/mol. The highest BCUT2D eigenvalue weighted by atomic mass is 15.2. The number of nitrogens with two attached hydrogens (primary N) is 1. The molecule has 0 bridgehead atoms. The first-order chi connectivity index (χ1) is 5.65. The molecule has 0 saturated carbocycles. The Kier molecular flexibility index (Phi) is 2.87. The van der Waals surface area contributed by atoms with Gasteiger partial charge in [-0.3, -0.25) is 4.68 Å². The zero-order chi connectivity index (χ0) is 9.14. The second-order valence-electron chi connectivity index (χ2n) is 3.32. The molecule has 0 saturated heterocycles. The zero-order valence-electron chi connectivity index (χ0n) is 8.04. The van der Waals surface area contributed by atoms with E-state index < -0.39 is 0 Å². The Morgan fingerprint density at radius 2 is 2.33 bits per heavy atom. The van der Waals surface area contributed by atoms with Crippen LogP contribution in [0.3, 0.4) is 0 Å². The lowest BCUT2D eigenvalue weighted by atomic mass is 9.99.